The molecule has 0 aromatic carbocycles. The highest BCUT2D eigenvalue weighted by Crippen LogP contribution is 2.35. The topological polar surface area (TPSA) is 50.7 Å². The molecule has 1 spiro atoms. The summed E-state index contributed by atoms with van der Waals surface area (Å²) in [5.74, 6) is -0.271. The first kappa shape index (κ1) is 12.3. The summed E-state index contributed by atoms with van der Waals surface area (Å²) in [6.45, 7) is 5.77. The van der Waals surface area contributed by atoms with Gasteiger partial charge >= 0.3 is 0 Å². The molecule has 1 saturated heterocycles. The second-order valence-corrected chi connectivity index (χ2v) is 5.58. The fourth-order valence-corrected chi connectivity index (χ4v) is 2.44. The van der Waals surface area contributed by atoms with Crippen LogP contribution in [0.5, 0.6) is 0 Å². The summed E-state index contributed by atoms with van der Waals surface area (Å²) in [6.07, 6.45) is 4.07. The van der Waals surface area contributed by atoms with E-state index in [-0.39, 0.29) is 5.79 Å². The summed E-state index contributed by atoms with van der Waals surface area (Å²) < 4.78 is 11.4. The van der Waals surface area contributed by atoms with Crippen LogP contribution in [-0.2, 0) is 9.47 Å². The van der Waals surface area contributed by atoms with Gasteiger partial charge in [-0.15, -0.1) is 0 Å². The van der Waals surface area contributed by atoms with Gasteiger partial charge in [0.1, 0.15) is 0 Å². The number of hydrogen-bond donors (Lipinski definition) is 2. The Hall–Kier alpha value is -0.160. The highest BCUT2D eigenvalue weighted by Gasteiger charge is 2.40. The first-order valence-corrected chi connectivity index (χ1v) is 6.23. The van der Waals surface area contributed by atoms with Gasteiger partial charge in [-0.1, -0.05) is 0 Å². The zero-order valence-electron chi connectivity index (χ0n) is 10.3. The van der Waals surface area contributed by atoms with Crippen molar-refractivity contribution < 1.29 is 14.6 Å². The lowest BCUT2D eigenvalue weighted by atomic mass is 9.89. The summed E-state index contributed by atoms with van der Waals surface area (Å²) in [5, 5.41) is 13.0. The van der Waals surface area contributed by atoms with E-state index in [1.807, 2.05) is 13.8 Å². The van der Waals surface area contributed by atoms with E-state index in [2.05, 4.69) is 5.32 Å². The first-order valence-electron chi connectivity index (χ1n) is 6.23. The maximum absolute atomic E-state index is 9.64. The normalized spacial score (nSPS) is 26.4. The Morgan fingerprint density at radius 1 is 1.25 bits per heavy atom. The van der Waals surface area contributed by atoms with Crippen molar-refractivity contribution in [1.82, 2.24) is 5.32 Å². The van der Waals surface area contributed by atoms with Crippen LogP contribution in [0, 0.1) is 0 Å². The van der Waals surface area contributed by atoms with Crippen molar-refractivity contribution in [2.45, 2.75) is 57.0 Å². The second-order valence-electron chi connectivity index (χ2n) is 5.58. The second kappa shape index (κ2) is 4.61. The number of nitrogens with one attached hydrogen (secondary N) is 1. The predicted octanol–water partition coefficient (Wildman–Crippen LogP) is 1.03. The fraction of sp³-hybridized carbons (Fsp3) is 1.00. The third-order valence-electron chi connectivity index (χ3n) is 3.38. The number of hydrogen-bond acceptors (Lipinski definition) is 4. The summed E-state index contributed by atoms with van der Waals surface area (Å²) >= 11 is 0. The van der Waals surface area contributed by atoms with E-state index in [0.29, 0.717) is 12.6 Å². The molecule has 1 saturated carbocycles. The maximum Gasteiger partial charge on any atom is 0.168 e. The molecule has 4 nitrogen and oxygen atoms in total. The molecule has 4 heteroatoms. The van der Waals surface area contributed by atoms with Crippen LogP contribution in [-0.4, -0.2) is 42.3 Å². The van der Waals surface area contributed by atoms with Gasteiger partial charge in [0.2, 0.25) is 0 Å². The minimum atomic E-state index is -0.629. The van der Waals surface area contributed by atoms with E-state index in [9.17, 15) is 5.11 Å². The Kier molecular flexibility index (Phi) is 3.54. The Bertz CT molecular complexity index is 221. The molecule has 0 aromatic heterocycles. The summed E-state index contributed by atoms with van der Waals surface area (Å²) in [6, 6.07) is 0.491. The average molecular weight is 229 g/mol. The average Bonchev–Trinajstić information content (AvgIpc) is 2.65. The maximum atomic E-state index is 9.64. The molecule has 0 bridgehead atoms. The Balaban J connectivity index is 1.73. The van der Waals surface area contributed by atoms with Crippen LogP contribution in [0.3, 0.4) is 0 Å². The van der Waals surface area contributed by atoms with Crippen molar-refractivity contribution in [3.05, 3.63) is 0 Å². The van der Waals surface area contributed by atoms with Crippen LogP contribution in [0.2, 0.25) is 0 Å². The van der Waals surface area contributed by atoms with Crippen molar-refractivity contribution in [3.8, 4) is 0 Å². The molecule has 2 N–H and O–H groups in total. The molecule has 1 aliphatic heterocycles. The van der Waals surface area contributed by atoms with Crippen LogP contribution in [0.1, 0.15) is 39.5 Å². The molecular weight excluding hydrogens is 206 g/mol. The van der Waals surface area contributed by atoms with Crippen LogP contribution >= 0.6 is 0 Å². The van der Waals surface area contributed by atoms with Crippen LogP contribution in [0.25, 0.3) is 0 Å². The van der Waals surface area contributed by atoms with Gasteiger partial charge in [-0.2, -0.15) is 0 Å². The fourth-order valence-electron chi connectivity index (χ4n) is 2.44. The summed E-state index contributed by atoms with van der Waals surface area (Å²) in [4.78, 5) is 0. The van der Waals surface area contributed by atoms with Crippen LogP contribution < -0.4 is 5.32 Å². The number of aliphatic hydroxyl groups is 1. The molecule has 16 heavy (non-hydrogen) atoms. The first-order chi connectivity index (χ1) is 7.49. The lowest BCUT2D eigenvalue weighted by molar-refractivity contribution is -0.179. The Labute approximate surface area is 97.3 Å². The summed E-state index contributed by atoms with van der Waals surface area (Å²) in [5.41, 5.74) is -0.629. The van der Waals surface area contributed by atoms with Gasteiger partial charge < -0.3 is 19.9 Å². The largest absolute Gasteiger partial charge is 0.389 e. The monoisotopic (exact) mass is 229 g/mol. The molecule has 2 rings (SSSR count). The molecule has 2 fully saturated rings. The Morgan fingerprint density at radius 2 is 1.81 bits per heavy atom. The van der Waals surface area contributed by atoms with Crippen molar-refractivity contribution in [2.24, 2.45) is 0 Å². The van der Waals surface area contributed by atoms with Crippen molar-refractivity contribution in [2.75, 3.05) is 19.8 Å². The minimum Gasteiger partial charge on any atom is -0.389 e. The summed E-state index contributed by atoms with van der Waals surface area (Å²) in [7, 11) is 0. The van der Waals surface area contributed by atoms with Gasteiger partial charge in [0.15, 0.2) is 5.79 Å². The van der Waals surface area contributed by atoms with Crippen LogP contribution in [0.4, 0.5) is 0 Å². The smallest absolute Gasteiger partial charge is 0.168 e. The van der Waals surface area contributed by atoms with E-state index in [1.165, 1.54) is 0 Å². The highest BCUT2D eigenvalue weighted by molar-refractivity contribution is 4.86. The molecule has 2 aliphatic rings. The molecule has 0 aromatic rings. The quantitative estimate of drug-likeness (QED) is 0.759. The number of ether oxygens (including phenoxy) is 2. The molecule has 0 unspecified atom stereocenters. The highest BCUT2D eigenvalue weighted by atomic mass is 16.7. The number of rotatable bonds is 3. The van der Waals surface area contributed by atoms with Crippen LogP contribution in [0.15, 0.2) is 0 Å². The van der Waals surface area contributed by atoms with E-state index in [1.54, 1.807) is 0 Å². The van der Waals surface area contributed by atoms with Gasteiger partial charge in [-0.05, 0) is 26.7 Å². The molecular formula is C12H23NO3. The van der Waals surface area contributed by atoms with Gasteiger partial charge in [-0.3, -0.25) is 0 Å². The van der Waals surface area contributed by atoms with E-state index < -0.39 is 5.60 Å². The molecule has 0 amide bonds. The van der Waals surface area contributed by atoms with E-state index >= 15 is 0 Å². The predicted molar refractivity (Wildman–Crippen MR) is 61.2 cm³/mol. The lowest BCUT2D eigenvalue weighted by Crippen LogP contribution is -2.46. The Morgan fingerprint density at radius 3 is 2.31 bits per heavy atom. The molecule has 1 aliphatic carbocycles. The molecule has 0 radical (unpaired) electrons. The lowest BCUT2D eigenvalue weighted by Gasteiger charge is -2.36. The third-order valence-corrected chi connectivity index (χ3v) is 3.38. The van der Waals surface area contributed by atoms with E-state index in [0.717, 1.165) is 38.9 Å². The standard InChI is InChI=1S/C12H23NO3/c1-11(2,14)9-13-10-3-5-12(6-4-10)15-7-8-16-12/h10,13-14H,3-9H2,1-2H3. The molecule has 94 valence electrons. The van der Waals surface area contributed by atoms with Crippen molar-refractivity contribution >= 4 is 0 Å². The van der Waals surface area contributed by atoms with Gasteiger partial charge in [-0.25, -0.2) is 0 Å². The minimum absolute atomic E-state index is 0.271. The molecule has 1 heterocycles. The zero-order valence-corrected chi connectivity index (χ0v) is 10.3. The van der Waals surface area contributed by atoms with Gasteiger partial charge in [0.25, 0.3) is 0 Å². The van der Waals surface area contributed by atoms with Gasteiger partial charge in [0.05, 0.1) is 18.8 Å². The van der Waals surface area contributed by atoms with Crippen molar-refractivity contribution in [1.29, 1.82) is 0 Å². The SMILES string of the molecule is CC(C)(O)CNC1CCC2(CC1)OCCO2. The zero-order chi connectivity index (χ0) is 11.6. The van der Waals surface area contributed by atoms with E-state index in [4.69, 9.17) is 9.47 Å². The third kappa shape index (κ3) is 3.17. The van der Waals surface area contributed by atoms with Gasteiger partial charge in [0, 0.05) is 25.4 Å². The van der Waals surface area contributed by atoms with Crippen molar-refractivity contribution in [3.63, 3.8) is 0 Å². The molecule has 0 atom stereocenters.